The average molecular weight is 224 g/mol. The molecule has 0 radical (unpaired) electrons. The highest BCUT2D eigenvalue weighted by Gasteiger charge is 2.15. The van der Waals surface area contributed by atoms with E-state index in [9.17, 15) is 14.7 Å². The Morgan fingerprint density at radius 1 is 1.56 bits per heavy atom. The highest BCUT2D eigenvalue weighted by atomic mass is 16.3. The zero-order chi connectivity index (χ0) is 12.1. The van der Waals surface area contributed by atoms with Crippen LogP contribution in [0.4, 0.5) is 0 Å². The van der Waals surface area contributed by atoms with Gasteiger partial charge in [-0.15, -0.1) is 0 Å². The van der Waals surface area contributed by atoms with Gasteiger partial charge in [-0.05, 0) is 6.42 Å². The first-order chi connectivity index (χ1) is 7.56. The van der Waals surface area contributed by atoms with E-state index in [1.54, 1.807) is 7.05 Å². The maximum atomic E-state index is 11.8. The molecule has 1 rings (SSSR count). The predicted octanol–water partition coefficient (Wildman–Crippen LogP) is 0.953. The van der Waals surface area contributed by atoms with E-state index < -0.39 is 5.56 Å². The lowest BCUT2D eigenvalue weighted by atomic mass is 10.2. The summed E-state index contributed by atoms with van der Waals surface area (Å²) in [5.41, 5.74) is -0.302. The van der Waals surface area contributed by atoms with Crippen LogP contribution in [0, 0.1) is 0 Å². The molecule has 2 N–H and O–H groups in total. The van der Waals surface area contributed by atoms with Crippen molar-refractivity contribution in [2.24, 2.45) is 0 Å². The lowest BCUT2D eigenvalue weighted by Crippen LogP contribution is -2.28. The zero-order valence-corrected chi connectivity index (χ0v) is 9.49. The number of hydrogen-bond donors (Lipinski definition) is 2. The Morgan fingerprint density at radius 3 is 2.81 bits per heavy atom. The molecule has 88 valence electrons. The number of H-pyrrole nitrogens is 1. The van der Waals surface area contributed by atoms with Gasteiger partial charge in [-0.1, -0.05) is 13.3 Å². The lowest BCUT2D eigenvalue weighted by molar-refractivity contribution is 0.0790. The highest BCUT2D eigenvalue weighted by Crippen LogP contribution is 2.14. The van der Waals surface area contributed by atoms with Crippen molar-refractivity contribution in [1.29, 1.82) is 0 Å². The summed E-state index contributed by atoms with van der Waals surface area (Å²) in [6, 6.07) is 1.00. The number of aromatic hydroxyl groups is 1. The second kappa shape index (κ2) is 5.34. The number of rotatable bonds is 4. The van der Waals surface area contributed by atoms with Crippen molar-refractivity contribution >= 4 is 5.91 Å². The predicted molar refractivity (Wildman–Crippen MR) is 60.6 cm³/mol. The maximum Gasteiger partial charge on any atom is 0.258 e. The number of carbonyl (C=O) groups is 1. The largest absolute Gasteiger partial charge is 0.507 e. The third-order valence-electron chi connectivity index (χ3n) is 2.33. The van der Waals surface area contributed by atoms with E-state index in [4.69, 9.17) is 0 Å². The molecule has 1 amide bonds. The van der Waals surface area contributed by atoms with Gasteiger partial charge < -0.3 is 15.0 Å². The van der Waals surface area contributed by atoms with Gasteiger partial charge in [0, 0.05) is 25.9 Å². The van der Waals surface area contributed by atoms with E-state index in [2.05, 4.69) is 4.98 Å². The molecule has 0 aliphatic heterocycles. The molecular formula is C11H16N2O3. The Morgan fingerprint density at radius 2 is 2.25 bits per heavy atom. The van der Waals surface area contributed by atoms with Gasteiger partial charge in [0.2, 0.25) is 0 Å². The Kier molecular flexibility index (Phi) is 4.10. The molecule has 0 atom stereocenters. The number of carbonyl (C=O) groups excluding carboxylic acids is 1. The average Bonchev–Trinajstić information content (AvgIpc) is 2.25. The van der Waals surface area contributed by atoms with E-state index in [1.807, 2.05) is 6.92 Å². The molecule has 1 aromatic rings. The van der Waals surface area contributed by atoms with Crippen LogP contribution < -0.4 is 5.56 Å². The molecular weight excluding hydrogens is 208 g/mol. The molecule has 0 aliphatic carbocycles. The van der Waals surface area contributed by atoms with E-state index in [-0.39, 0.29) is 17.2 Å². The summed E-state index contributed by atoms with van der Waals surface area (Å²) in [4.78, 5) is 26.6. The van der Waals surface area contributed by atoms with Crippen LogP contribution in [0.15, 0.2) is 17.1 Å². The first-order valence-corrected chi connectivity index (χ1v) is 5.23. The van der Waals surface area contributed by atoms with Crippen molar-refractivity contribution in [3.05, 3.63) is 28.2 Å². The van der Waals surface area contributed by atoms with E-state index in [0.717, 1.165) is 18.9 Å². The van der Waals surface area contributed by atoms with Crippen molar-refractivity contribution in [3.8, 4) is 5.75 Å². The second-order valence-electron chi connectivity index (χ2n) is 3.68. The Bertz CT molecular complexity index is 425. The van der Waals surface area contributed by atoms with Crippen LogP contribution in [-0.4, -0.2) is 34.5 Å². The number of unbranched alkanes of at least 4 members (excludes halogenated alkanes) is 1. The minimum atomic E-state index is -0.426. The number of nitrogens with one attached hydrogen (secondary N) is 1. The fraction of sp³-hybridized carbons (Fsp3) is 0.455. The number of nitrogens with zero attached hydrogens (tertiary/aromatic N) is 1. The molecule has 0 unspecified atom stereocenters. The normalized spacial score (nSPS) is 10.1. The van der Waals surface area contributed by atoms with Gasteiger partial charge in [-0.3, -0.25) is 9.59 Å². The van der Waals surface area contributed by atoms with Gasteiger partial charge >= 0.3 is 0 Å². The monoisotopic (exact) mass is 224 g/mol. The van der Waals surface area contributed by atoms with Crippen molar-refractivity contribution in [3.63, 3.8) is 0 Å². The van der Waals surface area contributed by atoms with Gasteiger partial charge in [0.1, 0.15) is 5.75 Å². The number of pyridine rings is 1. The summed E-state index contributed by atoms with van der Waals surface area (Å²) in [6.45, 7) is 2.67. The standard InChI is InChI=1S/C11H16N2O3/c1-3-4-5-13(2)11(16)8-7-12-10(15)6-9(8)14/h6-7H,3-5H2,1-2H3,(H2,12,14,15). The summed E-state index contributed by atoms with van der Waals surface area (Å²) >= 11 is 0. The molecule has 0 aromatic carbocycles. The van der Waals surface area contributed by atoms with E-state index >= 15 is 0 Å². The SMILES string of the molecule is CCCCN(C)C(=O)c1c[nH]c(=O)cc1O. The molecule has 5 heteroatoms. The summed E-state index contributed by atoms with van der Waals surface area (Å²) in [7, 11) is 1.67. The Balaban J connectivity index is 2.83. The molecule has 0 spiro atoms. The molecule has 5 nitrogen and oxygen atoms in total. The molecule has 0 fully saturated rings. The quantitative estimate of drug-likeness (QED) is 0.799. The molecule has 1 heterocycles. The lowest BCUT2D eigenvalue weighted by Gasteiger charge is -2.16. The van der Waals surface area contributed by atoms with Crippen molar-refractivity contribution < 1.29 is 9.90 Å². The van der Waals surface area contributed by atoms with Gasteiger partial charge in [0.25, 0.3) is 11.5 Å². The van der Waals surface area contributed by atoms with Crippen molar-refractivity contribution in [2.45, 2.75) is 19.8 Å². The Labute approximate surface area is 93.7 Å². The topological polar surface area (TPSA) is 73.4 Å². The minimum Gasteiger partial charge on any atom is -0.507 e. The Hall–Kier alpha value is -1.78. The maximum absolute atomic E-state index is 11.8. The highest BCUT2D eigenvalue weighted by molar-refractivity contribution is 5.96. The smallest absolute Gasteiger partial charge is 0.258 e. The molecule has 16 heavy (non-hydrogen) atoms. The van der Waals surface area contributed by atoms with E-state index in [0.29, 0.717) is 6.54 Å². The van der Waals surface area contributed by atoms with Crippen LogP contribution in [0.5, 0.6) is 5.75 Å². The number of hydrogen-bond acceptors (Lipinski definition) is 3. The van der Waals surface area contributed by atoms with Crippen LogP contribution in [0.25, 0.3) is 0 Å². The third kappa shape index (κ3) is 2.85. The number of aromatic nitrogens is 1. The van der Waals surface area contributed by atoms with Crippen LogP contribution in [0.2, 0.25) is 0 Å². The van der Waals surface area contributed by atoms with Gasteiger partial charge in [-0.25, -0.2) is 0 Å². The fourth-order valence-electron chi connectivity index (χ4n) is 1.33. The second-order valence-corrected chi connectivity index (χ2v) is 3.68. The molecule has 0 aliphatic rings. The zero-order valence-electron chi connectivity index (χ0n) is 9.49. The molecule has 1 aromatic heterocycles. The summed E-state index contributed by atoms with van der Waals surface area (Å²) < 4.78 is 0. The van der Waals surface area contributed by atoms with Crippen molar-refractivity contribution in [1.82, 2.24) is 9.88 Å². The molecule has 0 saturated heterocycles. The number of amides is 1. The molecule has 0 saturated carbocycles. The van der Waals surface area contributed by atoms with Crippen LogP contribution in [0.3, 0.4) is 0 Å². The third-order valence-corrected chi connectivity index (χ3v) is 2.33. The van der Waals surface area contributed by atoms with Crippen LogP contribution in [-0.2, 0) is 0 Å². The summed E-state index contributed by atoms with van der Waals surface area (Å²) in [6.07, 6.45) is 3.14. The summed E-state index contributed by atoms with van der Waals surface area (Å²) in [5.74, 6) is -0.570. The van der Waals surface area contributed by atoms with E-state index in [1.165, 1.54) is 11.1 Å². The van der Waals surface area contributed by atoms with Gasteiger partial charge in [0.15, 0.2) is 0 Å². The van der Waals surface area contributed by atoms with Crippen LogP contribution >= 0.6 is 0 Å². The van der Waals surface area contributed by atoms with Gasteiger partial charge in [0.05, 0.1) is 5.56 Å². The van der Waals surface area contributed by atoms with Gasteiger partial charge in [-0.2, -0.15) is 0 Å². The minimum absolute atomic E-state index is 0.123. The number of aromatic amines is 1. The fourth-order valence-corrected chi connectivity index (χ4v) is 1.33. The first kappa shape index (κ1) is 12.3. The van der Waals surface area contributed by atoms with Crippen molar-refractivity contribution in [2.75, 3.05) is 13.6 Å². The summed E-state index contributed by atoms with van der Waals surface area (Å²) in [5, 5.41) is 9.47. The molecule has 0 bridgehead atoms. The van der Waals surface area contributed by atoms with Crippen LogP contribution in [0.1, 0.15) is 30.1 Å². The first-order valence-electron chi connectivity index (χ1n) is 5.23.